The molecule has 1 aromatic heterocycles. The molecule has 1 saturated carbocycles. The van der Waals surface area contributed by atoms with Crippen LogP contribution in [0.25, 0.3) is 0 Å². The molecule has 25 heavy (non-hydrogen) atoms. The van der Waals surface area contributed by atoms with Crippen LogP contribution >= 0.6 is 35.3 Å². The summed E-state index contributed by atoms with van der Waals surface area (Å²) in [6, 6.07) is 0. The SMILES string of the molecule is CCNC(=NCCc1csc(C(C)C)n1)NCCNC(=O)C1CC1.I. The minimum absolute atomic E-state index is 0. The molecule has 0 aromatic carbocycles. The topological polar surface area (TPSA) is 78.4 Å². The number of thiazole rings is 1. The van der Waals surface area contributed by atoms with Crippen LogP contribution in [-0.2, 0) is 11.2 Å². The van der Waals surface area contributed by atoms with E-state index in [1.165, 1.54) is 5.01 Å². The zero-order chi connectivity index (χ0) is 17.4. The second-order valence-electron chi connectivity index (χ2n) is 6.33. The summed E-state index contributed by atoms with van der Waals surface area (Å²) in [5.41, 5.74) is 1.11. The standard InChI is InChI=1S/C17H29N5OS.HI/c1-4-18-17(21-10-9-19-15(23)13-5-6-13)20-8-7-14-11-24-16(22-14)12(2)3;/h11-13H,4-10H2,1-3H3,(H,19,23)(H2,18,20,21);1H. The molecule has 1 aliphatic rings. The molecule has 142 valence electrons. The van der Waals surface area contributed by atoms with E-state index in [1.54, 1.807) is 11.3 Å². The highest BCUT2D eigenvalue weighted by Gasteiger charge is 2.28. The number of nitrogens with zero attached hydrogens (tertiary/aromatic N) is 2. The Balaban J connectivity index is 0.00000312. The van der Waals surface area contributed by atoms with Crippen molar-refractivity contribution in [2.45, 2.75) is 46.0 Å². The first kappa shape index (κ1) is 22.1. The van der Waals surface area contributed by atoms with Gasteiger partial charge in [-0.2, -0.15) is 0 Å². The van der Waals surface area contributed by atoms with Gasteiger partial charge in [-0.15, -0.1) is 35.3 Å². The summed E-state index contributed by atoms with van der Waals surface area (Å²) in [5, 5.41) is 12.7. The summed E-state index contributed by atoms with van der Waals surface area (Å²) >= 11 is 1.72. The Morgan fingerprint density at radius 3 is 2.64 bits per heavy atom. The van der Waals surface area contributed by atoms with Crippen molar-refractivity contribution >= 4 is 47.2 Å². The van der Waals surface area contributed by atoms with Crippen molar-refractivity contribution in [1.29, 1.82) is 0 Å². The monoisotopic (exact) mass is 479 g/mol. The zero-order valence-electron chi connectivity index (χ0n) is 15.3. The Bertz CT molecular complexity index is 557. The van der Waals surface area contributed by atoms with E-state index in [0.29, 0.717) is 25.6 Å². The van der Waals surface area contributed by atoms with E-state index in [-0.39, 0.29) is 35.8 Å². The van der Waals surface area contributed by atoms with Gasteiger partial charge in [0.1, 0.15) is 0 Å². The first-order valence-corrected chi connectivity index (χ1v) is 9.72. The van der Waals surface area contributed by atoms with Crippen molar-refractivity contribution in [3.63, 3.8) is 0 Å². The zero-order valence-corrected chi connectivity index (χ0v) is 18.4. The van der Waals surface area contributed by atoms with E-state index in [9.17, 15) is 4.79 Å². The lowest BCUT2D eigenvalue weighted by molar-refractivity contribution is -0.122. The summed E-state index contributed by atoms with van der Waals surface area (Å²) in [4.78, 5) is 20.8. The maximum absolute atomic E-state index is 11.6. The normalized spacial score (nSPS) is 14.2. The molecule has 6 nitrogen and oxygen atoms in total. The van der Waals surface area contributed by atoms with Gasteiger partial charge in [0.05, 0.1) is 10.7 Å². The third-order valence-electron chi connectivity index (χ3n) is 3.71. The van der Waals surface area contributed by atoms with Gasteiger partial charge >= 0.3 is 0 Å². The van der Waals surface area contributed by atoms with Crippen molar-refractivity contribution in [1.82, 2.24) is 20.9 Å². The lowest BCUT2D eigenvalue weighted by Gasteiger charge is -2.11. The van der Waals surface area contributed by atoms with E-state index >= 15 is 0 Å². The smallest absolute Gasteiger partial charge is 0.223 e. The average molecular weight is 479 g/mol. The van der Waals surface area contributed by atoms with Crippen LogP contribution in [0.2, 0.25) is 0 Å². The van der Waals surface area contributed by atoms with Crippen LogP contribution in [0.4, 0.5) is 0 Å². The summed E-state index contributed by atoms with van der Waals surface area (Å²) in [7, 11) is 0. The van der Waals surface area contributed by atoms with Crippen molar-refractivity contribution in [3.05, 3.63) is 16.1 Å². The lowest BCUT2D eigenvalue weighted by Crippen LogP contribution is -2.41. The number of halogens is 1. The molecule has 0 saturated heterocycles. The largest absolute Gasteiger partial charge is 0.357 e. The Morgan fingerprint density at radius 2 is 2.04 bits per heavy atom. The van der Waals surface area contributed by atoms with Gasteiger partial charge in [0.25, 0.3) is 0 Å². The van der Waals surface area contributed by atoms with Crippen LogP contribution < -0.4 is 16.0 Å². The number of nitrogens with one attached hydrogen (secondary N) is 3. The van der Waals surface area contributed by atoms with Crippen molar-refractivity contribution < 1.29 is 4.79 Å². The molecule has 0 bridgehead atoms. The van der Waals surface area contributed by atoms with Gasteiger partial charge in [0, 0.05) is 49.8 Å². The van der Waals surface area contributed by atoms with Crippen molar-refractivity contribution in [2.75, 3.05) is 26.2 Å². The fraction of sp³-hybridized carbons (Fsp3) is 0.706. The number of hydrogen-bond donors (Lipinski definition) is 3. The fourth-order valence-electron chi connectivity index (χ4n) is 2.18. The fourth-order valence-corrected chi connectivity index (χ4v) is 3.05. The average Bonchev–Trinajstić information content (AvgIpc) is 3.30. The maximum Gasteiger partial charge on any atom is 0.223 e. The molecule has 1 aromatic rings. The van der Waals surface area contributed by atoms with Crippen molar-refractivity contribution in [3.8, 4) is 0 Å². The van der Waals surface area contributed by atoms with Gasteiger partial charge in [-0.3, -0.25) is 9.79 Å². The van der Waals surface area contributed by atoms with Gasteiger partial charge in [0.15, 0.2) is 5.96 Å². The van der Waals surface area contributed by atoms with Gasteiger partial charge in [-0.1, -0.05) is 13.8 Å². The molecule has 1 heterocycles. The molecule has 0 radical (unpaired) electrons. The first-order valence-electron chi connectivity index (χ1n) is 8.84. The number of carbonyl (C=O) groups is 1. The third-order valence-corrected chi connectivity index (χ3v) is 4.90. The number of aromatic nitrogens is 1. The highest BCUT2D eigenvalue weighted by molar-refractivity contribution is 14.0. The first-order chi connectivity index (χ1) is 11.6. The maximum atomic E-state index is 11.6. The van der Waals surface area contributed by atoms with Gasteiger partial charge in [-0.05, 0) is 19.8 Å². The van der Waals surface area contributed by atoms with E-state index < -0.39 is 0 Å². The number of hydrogen-bond acceptors (Lipinski definition) is 4. The molecule has 0 spiro atoms. The molecular weight excluding hydrogens is 449 g/mol. The quantitative estimate of drug-likeness (QED) is 0.220. The Hall–Kier alpha value is -0.900. The molecule has 3 N–H and O–H groups in total. The highest BCUT2D eigenvalue weighted by Crippen LogP contribution is 2.28. The van der Waals surface area contributed by atoms with E-state index in [1.807, 2.05) is 6.92 Å². The molecule has 0 aliphatic heterocycles. The molecule has 0 unspecified atom stereocenters. The molecule has 8 heteroatoms. The van der Waals surface area contributed by atoms with Gasteiger partial charge in [0.2, 0.25) is 5.91 Å². The van der Waals surface area contributed by atoms with E-state index in [0.717, 1.165) is 37.5 Å². The Morgan fingerprint density at radius 1 is 1.32 bits per heavy atom. The summed E-state index contributed by atoms with van der Waals surface area (Å²) in [6.07, 6.45) is 2.93. The number of guanidine groups is 1. The van der Waals surface area contributed by atoms with Crippen LogP contribution in [0.15, 0.2) is 10.4 Å². The van der Waals surface area contributed by atoms with Crippen LogP contribution in [0.3, 0.4) is 0 Å². The predicted molar refractivity (Wildman–Crippen MR) is 115 cm³/mol. The summed E-state index contributed by atoms with van der Waals surface area (Å²) in [5.74, 6) is 1.72. The van der Waals surface area contributed by atoms with Gasteiger partial charge < -0.3 is 16.0 Å². The molecule has 1 aliphatic carbocycles. The number of carbonyl (C=O) groups excluding carboxylic acids is 1. The molecule has 0 atom stereocenters. The van der Waals surface area contributed by atoms with Crippen LogP contribution in [0.5, 0.6) is 0 Å². The van der Waals surface area contributed by atoms with Crippen LogP contribution in [0, 0.1) is 5.92 Å². The lowest BCUT2D eigenvalue weighted by atomic mass is 10.2. The van der Waals surface area contributed by atoms with Crippen LogP contribution in [0.1, 0.15) is 50.2 Å². The molecular formula is C17H30IN5OS. The second-order valence-corrected chi connectivity index (χ2v) is 7.22. The highest BCUT2D eigenvalue weighted by atomic mass is 127. The second kappa shape index (κ2) is 11.7. The van der Waals surface area contributed by atoms with E-state index in [2.05, 4.69) is 45.2 Å². The molecule has 1 fully saturated rings. The summed E-state index contributed by atoms with van der Waals surface area (Å²) < 4.78 is 0. The van der Waals surface area contributed by atoms with Gasteiger partial charge in [-0.25, -0.2) is 4.98 Å². The number of amides is 1. The third kappa shape index (κ3) is 8.35. The minimum atomic E-state index is 0. The predicted octanol–water partition coefficient (Wildman–Crippen LogP) is 2.51. The summed E-state index contributed by atoms with van der Waals surface area (Å²) in [6.45, 7) is 9.19. The van der Waals surface area contributed by atoms with E-state index in [4.69, 9.17) is 0 Å². The number of rotatable bonds is 9. The molecule has 2 rings (SSSR count). The Kier molecular flexibility index (Phi) is 10.3. The number of aliphatic imine (C=N–C) groups is 1. The van der Waals surface area contributed by atoms with Crippen LogP contribution in [-0.4, -0.2) is 43.0 Å². The molecule has 1 amide bonds. The Labute approximate surface area is 171 Å². The minimum Gasteiger partial charge on any atom is -0.357 e. The van der Waals surface area contributed by atoms with Crippen molar-refractivity contribution in [2.24, 2.45) is 10.9 Å².